The maximum Gasteiger partial charge on any atom is 0.296 e. The number of carbonyl (C=O) groups is 2. The second-order valence-corrected chi connectivity index (χ2v) is 8.35. The number of benzene rings is 1. The van der Waals surface area contributed by atoms with E-state index < -0.39 is 17.7 Å². The Labute approximate surface area is 190 Å². The van der Waals surface area contributed by atoms with Gasteiger partial charge in [0, 0.05) is 6.20 Å². The molecule has 7 heteroatoms. The first-order valence-electron chi connectivity index (χ1n) is 10.7. The van der Waals surface area contributed by atoms with Crippen molar-refractivity contribution in [2.45, 2.75) is 33.4 Å². The summed E-state index contributed by atoms with van der Waals surface area (Å²) in [4.78, 5) is 32.4. The Morgan fingerprint density at radius 2 is 1.82 bits per heavy atom. The van der Waals surface area contributed by atoms with E-state index in [4.69, 9.17) is 4.42 Å². The van der Waals surface area contributed by atoms with Crippen LogP contribution in [0.1, 0.15) is 39.9 Å². The number of hydrogen-bond acceptors (Lipinski definition) is 5. The number of ketones is 1. The van der Waals surface area contributed by atoms with Gasteiger partial charge in [-0.15, -0.1) is 0 Å². The molecule has 0 bridgehead atoms. The van der Waals surface area contributed by atoms with Gasteiger partial charge in [-0.3, -0.25) is 9.59 Å². The standard InChI is InChI=1S/C26H23N3O4/c1-15-8-10-18(11-9-15)22-20(24(31)26(32)29(22)14-19-7-5-13-33-19)23(30)21-17(3)28-12-4-6-16(2)25(28)27-21/h4-13,22,30H,14H2,1-3H3/b23-20+. The molecule has 1 aliphatic heterocycles. The summed E-state index contributed by atoms with van der Waals surface area (Å²) in [7, 11) is 0. The second kappa shape index (κ2) is 7.78. The summed E-state index contributed by atoms with van der Waals surface area (Å²) in [6, 6.07) is 14.1. The van der Waals surface area contributed by atoms with Crippen LogP contribution in [0.25, 0.3) is 11.4 Å². The fraction of sp³-hybridized carbons (Fsp3) is 0.192. The number of fused-ring (bicyclic) bond motifs is 1. The number of furan rings is 1. The first-order valence-corrected chi connectivity index (χ1v) is 10.7. The van der Waals surface area contributed by atoms with Gasteiger partial charge in [-0.2, -0.15) is 0 Å². The second-order valence-electron chi connectivity index (χ2n) is 8.35. The lowest BCUT2D eigenvalue weighted by Crippen LogP contribution is -2.29. The number of hydrogen-bond donors (Lipinski definition) is 1. The first kappa shape index (κ1) is 20.8. The van der Waals surface area contributed by atoms with E-state index in [-0.39, 0.29) is 23.6 Å². The summed E-state index contributed by atoms with van der Waals surface area (Å²) in [5, 5.41) is 11.4. The number of imidazole rings is 1. The maximum atomic E-state index is 13.2. The van der Waals surface area contributed by atoms with Crippen LogP contribution in [-0.2, 0) is 16.1 Å². The molecule has 1 aliphatic rings. The highest BCUT2D eigenvalue weighted by Crippen LogP contribution is 2.40. The van der Waals surface area contributed by atoms with E-state index >= 15 is 0 Å². The zero-order valence-electron chi connectivity index (χ0n) is 18.6. The van der Waals surface area contributed by atoms with Crippen LogP contribution < -0.4 is 0 Å². The predicted molar refractivity (Wildman–Crippen MR) is 122 cm³/mol. The van der Waals surface area contributed by atoms with Crippen molar-refractivity contribution in [3.63, 3.8) is 0 Å². The smallest absolute Gasteiger partial charge is 0.296 e. The molecule has 1 N–H and O–H groups in total. The van der Waals surface area contributed by atoms with Crippen molar-refractivity contribution in [3.05, 3.63) is 100 Å². The third-order valence-corrected chi connectivity index (χ3v) is 6.15. The lowest BCUT2D eigenvalue weighted by Gasteiger charge is -2.24. The average molecular weight is 441 g/mol. The van der Waals surface area contributed by atoms with Crippen LogP contribution >= 0.6 is 0 Å². The largest absolute Gasteiger partial charge is 0.505 e. The molecule has 1 fully saturated rings. The molecule has 1 unspecified atom stereocenters. The number of aryl methyl sites for hydroxylation is 3. The van der Waals surface area contributed by atoms with Crippen LogP contribution in [-0.4, -0.2) is 31.1 Å². The minimum absolute atomic E-state index is 0.0274. The lowest BCUT2D eigenvalue weighted by molar-refractivity contribution is -0.140. The van der Waals surface area contributed by atoms with Gasteiger partial charge in [0.1, 0.15) is 17.1 Å². The molecule has 33 heavy (non-hydrogen) atoms. The van der Waals surface area contributed by atoms with E-state index in [1.54, 1.807) is 12.1 Å². The lowest BCUT2D eigenvalue weighted by atomic mass is 9.95. The highest BCUT2D eigenvalue weighted by atomic mass is 16.3. The molecule has 1 aromatic carbocycles. The zero-order chi connectivity index (χ0) is 23.3. The zero-order valence-corrected chi connectivity index (χ0v) is 18.6. The van der Waals surface area contributed by atoms with Gasteiger partial charge in [0.2, 0.25) is 0 Å². The quantitative estimate of drug-likeness (QED) is 0.287. The molecular weight excluding hydrogens is 418 g/mol. The molecule has 0 saturated carbocycles. The Bertz CT molecular complexity index is 1410. The Morgan fingerprint density at radius 3 is 2.48 bits per heavy atom. The average Bonchev–Trinajstić information content (AvgIpc) is 3.49. The Morgan fingerprint density at radius 1 is 1.06 bits per heavy atom. The van der Waals surface area contributed by atoms with Gasteiger partial charge in [-0.1, -0.05) is 35.9 Å². The van der Waals surface area contributed by atoms with Crippen molar-refractivity contribution in [2.75, 3.05) is 0 Å². The summed E-state index contributed by atoms with van der Waals surface area (Å²) in [5.41, 5.74) is 4.41. The van der Waals surface area contributed by atoms with Gasteiger partial charge in [0.15, 0.2) is 5.76 Å². The topological polar surface area (TPSA) is 88.0 Å². The van der Waals surface area contributed by atoms with Gasteiger partial charge >= 0.3 is 0 Å². The normalized spacial score (nSPS) is 17.9. The van der Waals surface area contributed by atoms with Gasteiger partial charge in [0.05, 0.1) is 30.1 Å². The third-order valence-electron chi connectivity index (χ3n) is 6.15. The maximum absolute atomic E-state index is 13.2. The van der Waals surface area contributed by atoms with Crippen LogP contribution in [0.4, 0.5) is 0 Å². The number of rotatable bonds is 4. The van der Waals surface area contributed by atoms with Gasteiger partial charge in [-0.25, -0.2) is 4.98 Å². The minimum Gasteiger partial charge on any atom is -0.505 e. The SMILES string of the molecule is Cc1ccc(C2/C(=C(\O)c3nc4c(C)cccn4c3C)C(=O)C(=O)N2Cc2ccco2)cc1. The minimum atomic E-state index is -0.763. The van der Waals surface area contributed by atoms with E-state index in [9.17, 15) is 14.7 Å². The van der Waals surface area contributed by atoms with Crippen LogP contribution in [0.5, 0.6) is 0 Å². The van der Waals surface area contributed by atoms with E-state index in [0.717, 1.165) is 16.7 Å². The van der Waals surface area contributed by atoms with Gasteiger partial charge < -0.3 is 18.8 Å². The van der Waals surface area contributed by atoms with E-state index in [1.807, 2.05) is 67.8 Å². The molecule has 3 aromatic heterocycles. The fourth-order valence-corrected chi connectivity index (χ4v) is 4.38. The van der Waals surface area contributed by atoms with Crippen molar-refractivity contribution in [1.29, 1.82) is 0 Å². The molecule has 0 aliphatic carbocycles. The fourth-order valence-electron chi connectivity index (χ4n) is 4.38. The van der Waals surface area contributed by atoms with Crippen molar-refractivity contribution in [1.82, 2.24) is 14.3 Å². The summed E-state index contributed by atoms with van der Waals surface area (Å²) in [5.74, 6) is -1.15. The van der Waals surface area contributed by atoms with Gasteiger partial charge in [0.25, 0.3) is 11.7 Å². The van der Waals surface area contributed by atoms with Crippen molar-refractivity contribution in [2.24, 2.45) is 0 Å². The number of Topliss-reactive ketones (excluding diaryl/α,β-unsaturated/α-hetero) is 1. The van der Waals surface area contributed by atoms with Crippen molar-refractivity contribution < 1.29 is 19.1 Å². The highest BCUT2D eigenvalue weighted by molar-refractivity contribution is 6.46. The molecule has 0 radical (unpaired) electrons. The number of carbonyl (C=O) groups excluding carboxylic acids is 2. The Balaban J connectivity index is 1.71. The number of nitrogens with zero attached hydrogens (tertiary/aromatic N) is 3. The molecule has 166 valence electrons. The van der Waals surface area contributed by atoms with Crippen molar-refractivity contribution in [3.8, 4) is 0 Å². The van der Waals surface area contributed by atoms with Crippen LogP contribution in [0.2, 0.25) is 0 Å². The van der Waals surface area contributed by atoms with E-state index in [1.165, 1.54) is 11.2 Å². The number of aliphatic hydroxyl groups is 1. The highest BCUT2D eigenvalue weighted by Gasteiger charge is 2.46. The van der Waals surface area contributed by atoms with E-state index in [2.05, 4.69) is 4.98 Å². The third kappa shape index (κ3) is 3.33. The molecule has 0 spiro atoms. The van der Waals surface area contributed by atoms with Crippen LogP contribution in [0.15, 0.2) is 71.0 Å². The number of likely N-dealkylation sites (tertiary alicyclic amines) is 1. The first-order chi connectivity index (χ1) is 15.9. The summed E-state index contributed by atoms with van der Waals surface area (Å²) in [6.45, 7) is 5.83. The number of amides is 1. The summed E-state index contributed by atoms with van der Waals surface area (Å²) >= 11 is 0. The van der Waals surface area contributed by atoms with E-state index in [0.29, 0.717) is 17.1 Å². The molecule has 4 heterocycles. The van der Waals surface area contributed by atoms with Crippen LogP contribution in [0, 0.1) is 20.8 Å². The Kier molecular flexibility index (Phi) is 4.89. The molecule has 1 saturated heterocycles. The molecular formula is C26H23N3O4. The number of pyridine rings is 1. The molecule has 5 rings (SSSR count). The molecule has 1 amide bonds. The number of aliphatic hydroxyl groups excluding tert-OH is 1. The predicted octanol–water partition coefficient (Wildman–Crippen LogP) is 4.47. The summed E-state index contributed by atoms with van der Waals surface area (Å²) in [6.07, 6.45) is 3.38. The Hall–Kier alpha value is -4.13. The molecule has 1 atom stereocenters. The number of aromatic nitrogens is 2. The van der Waals surface area contributed by atoms with Gasteiger partial charge in [-0.05, 0) is 50.1 Å². The summed E-state index contributed by atoms with van der Waals surface area (Å²) < 4.78 is 7.30. The molecule has 7 nitrogen and oxygen atoms in total. The monoisotopic (exact) mass is 441 g/mol. The molecule has 4 aromatic rings. The van der Waals surface area contributed by atoms with Crippen LogP contribution in [0.3, 0.4) is 0 Å². The van der Waals surface area contributed by atoms with Crippen molar-refractivity contribution >= 4 is 23.1 Å².